The molecule has 1 aromatic heterocycles. The van der Waals surface area contributed by atoms with E-state index in [1.165, 1.54) is 37.1 Å². The molecule has 0 bridgehead atoms. The molecule has 0 saturated carbocycles. The number of rotatable bonds is 6. The Morgan fingerprint density at radius 2 is 1.75 bits per heavy atom. The fourth-order valence-corrected chi connectivity index (χ4v) is 4.86. The Morgan fingerprint density at radius 1 is 1.11 bits per heavy atom. The molecule has 8 heteroatoms. The van der Waals surface area contributed by atoms with Crippen molar-refractivity contribution in [1.29, 1.82) is 0 Å². The fourth-order valence-electron chi connectivity index (χ4n) is 3.97. The molecule has 0 atom stereocenters. The van der Waals surface area contributed by atoms with Crippen molar-refractivity contribution >= 4 is 11.9 Å². The lowest BCUT2D eigenvalue weighted by molar-refractivity contribution is -0.141. The van der Waals surface area contributed by atoms with E-state index in [1.807, 2.05) is 0 Å². The zero-order chi connectivity index (χ0) is 20.2. The van der Waals surface area contributed by atoms with E-state index in [1.54, 1.807) is 0 Å². The van der Waals surface area contributed by atoms with E-state index in [0.717, 1.165) is 63.1 Å². The molecule has 0 amide bonds. The van der Waals surface area contributed by atoms with Gasteiger partial charge in [0.25, 0.3) is 0 Å². The summed E-state index contributed by atoms with van der Waals surface area (Å²) in [5, 5.41) is 0. The maximum atomic E-state index is 12.6. The third-order valence-electron chi connectivity index (χ3n) is 5.82. The highest BCUT2D eigenvalue weighted by Gasteiger charge is 2.37. The third-order valence-corrected chi connectivity index (χ3v) is 6.90. The Kier molecular flexibility index (Phi) is 7.28. The molecule has 28 heavy (non-hydrogen) atoms. The predicted molar refractivity (Wildman–Crippen MR) is 105 cm³/mol. The number of likely N-dealkylation sites (tertiary alicyclic amines) is 1. The number of pyridine rings is 1. The van der Waals surface area contributed by atoms with Crippen LogP contribution in [0.3, 0.4) is 0 Å². The van der Waals surface area contributed by atoms with Crippen LogP contribution >= 0.6 is 11.9 Å². The Morgan fingerprint density at radius 3 is 2.29 bits per heavy atom. The molecule has 2 fully saturated rings. The Bertz CT molecular complexity index is 606. The monoisotopic (exact) mass is 417 g/mol. The largest absolute Gasteiger partial charge is 0.433 e. The standard InChI is InChI=1S/C20H30F3N3OS/c1-16(2)27-14-13-25-9-5-19(6-10-25)7-11-26(12-8-19)28-17-3-4-18(24-15-17)20(21,22)23/h3-4,15-16H,5-14H2,1-2H3. The van der Waals surface area contributed by atoms with Gasteiger partial charge in [0.05, 0.1) is 12.7 Å². The number of hydrogen-bond acceptors (Lipinski definition) is 5. The molecule has 3 rings (SSSR count). The summed E-state index contributed by atoms with van der Waals surface area (Å²) < 4.78 is 45.8. The highest BCUT2D eigenvalue weighted by atomic mass is 32.2. The zero-order valence-corrected chi connectivity index (χ0v) is 17.5. The summed E-state index contributed by atoms with van der Waals surface area (Å²) in [6.07, 6.45) is 2.02. The summed E-state index contributed by atoms with van der Waals surface area (Å²) in [5.41, 5.74) is -0.398. The van der Waals surface area contributed by atoms with Crippen LogP contribution in [0, 0.1) is 5.41 Å². The van der Waals surface area contributed by atoms with Gasteiger partial charge in [-0.25, -0.2) is 4.31 Å². The van der Waals surface area contributed by atoms with Crippen LogP contribution in [0.25, 0.3) is 0 Å². The van der Waals surface area contributed by atoms with Crippen LogP contribution in [0.1, 0.15) is 45.2 Å². The lowest BCUT2D eigenvalue weighted by Crippen LogP contribution is -2.46. The molecule has 4 nitrogen and oxygen atoms in total. The second kappa shape index (κ2) is 9.32. The third kappa shape index (κ3) is 6.08. The lowest BCUT2D eigenvalue weighted by atomic mass is 9.71. The topological polar surface area (TPSA) is 28.6 Å². The number of nitrogens with zero attached hydrogens (tertiary/aromatic N) is 3. The summed E-state index contributed by atoms with van der Waals surface area (Å²) in [5.74, 6) is 0. The summed E-state index contributed by atoms with van der Waals surface area (Å²) in [6, 6.07) is 2.58. The second-order valence-electron chi connectivity index (χ2n) is 8.16. The first-order valence-corrected chi connectivity index (χ1v) is 10.8. The van der Waals surface area contributed by atoms with Crippen molar-refractivity contribution in [3.8, 4) is 0 Å². The number of halogens is 3. The second-order valence-corrected chi connectivity index (χ2v) is 9.33. The van der Waals surface area contributed by atoms with E-state index >= 15 is 0 Å². The summed E-state index contributed by atoms with van der Waals surface area (Å²) in [7, 11) is 0. The van der Waals surface area contributed by atoms with Gasteiger partial charge in [-0.3, -0.25) is 4.98 Å². The number of piperidine rings is 2. The maximum absolute atomic E-state index is 12.6. The van der Waals surface area contributed by atoms with Crippen LogP contribution in [0.15, 0.2) is 23.2 Å². The van der Waals surface area contributed by atoms with Gasteiger partial charge in [-0.05, 0) is 82.1 Å². The van der Waals surface area contributed by atoms with Crippen molar-refractivity contribution in [2.24, 2.45) is 5.41 Å². The van der Waals surface area contributed by atoms with Crippen molar-refractivity contribution in [1.82, 2.24) is 14.2 Å². The average molecular weight is 418 g/mol. The number of aromatic nitrogens is 1. The van der Waals surface area contributed by atoms with Crippen molar-refractivity contribution in [2.45, 2.75) is 56.7 Å². The molecule has 1 aromatic rings. The summed E-state index contributed by atoms with van der Waals surface area (Å²) in [6.45, 7) is 10.2. The minimum absolute atomic E-state index is 0.290. The zero-order valence-electron chi connectivity index (χ0n) is 16.7. The maximum Gasteiger partial charge on any atom is 0.433 e. The fraction of sp³-hybridized carbons (Fsp3) is 0.750. The van der Waals surface area contributed by atoms with Gasteiger partial charge in [-0.15, -0.1) is 0 Å². The minimum atomic E-state index is -4.38. The van der Waals surface area contributed by atoms with E-state index < -0.39 is 11.9 Å². The van der Waals surface area contributed by atoms with Crippen LogP contribution in [0.5, 0.6) is 0 Å². The SMILES string of the molecule is CC(C)OCCN1CCC2(CC1)CCN(Sc1ccc(C(F)(F)F)nc1)CC2. The molecular weight excluding hydrogens is 387 g/mol. The first-order chi connectivity index (χ1) is 13.3. The smallest absolute Gasteiger partial charge is 0.377 e. The van der Waals surface area contributed by atoms with Crippen LogP contribution < -0.4 is 0 Å². The van der Waals surface area contributed by atoms with Crippen molar-refractivity contribution in [3.05, 3.63) is 24.0 Å². The molecule has 0 N–H and O–H groups in total. The predicted octanol–water partition coefficient (Wildman–Crippen LogP) is 4.71. The molecule has 0 aliphatic carbocycles. The Labute approximate surface area is 170 Å². The normalized spacial score (nSPS) is 21.5. The van der Waals surface area contributed by atoms with Gasteiger partial charge in [0, 0.05) is 30.7 Å². The van der Waals surface area contributed by atoms with Gasteiger partial charge in [-0.2, -0.15) is 13.2 Å². The highest BCUT2D eigenvalue weighted by Crippen LogP contribution is 2.43. The van der Waals surface area contributed by atoms with Gasteiger partial charge in [-0.1, -0.05) is 0 Å². The molecule has 2 aliphatic rings. The number of hydrogen-bond donors (Lipinski definition) is 0. The highest BCUT2D eigenvalue weighted by molar-refractivity contribution is 7.97. The molecule has 0 aromatic carbocycles. The first-order valence-electron chi connectivity index (χ1n) is 10.1. The van der Waals surface area contributed by atoms with Gasteiger partial charge in [0.2, 0.25) is 0 Å². The van der Waals surface area contributed by atoms with Crippen molar-refractivity contribution in [3.63, 3.8) is 0 Å². The molecule has 2 aliphatic heterocycles. The van der Waals surface area contributed by atoms with Crippen LogP contribution in [-0.4, -0.2) is 59.6 Å². The van der Waals surface area contributed by atoms with E-state index in [2.05, 4.69) is 28.0 Å². The summed E-state index contributed by atoms with van der Waals surface area (Å²) >= 11 is 1.52. The summed E-state index contributed by atoms with van der Waals surface area (Å²) in [4.78, 5) is 6.82. The quantitative estimate of drug-likeness (QED) is 0.625. The molecule has 3 heterocycles. The molecule has 0 radical (unpaired) electrons. The van der Waals surface area contributed by atoms with Crippen molar-refractivity contribution in [2.75, 3.05) is 39.3 Å². The number of ether oxygens (including phenoxy) is 1. The molecule has 0 unspecified atom stereocenters. The van der Waals surface area contributed by atoms with Crippen LogP contribution in [0.4, 0.5) is 13.2 Å². The number of alkyl halides is 3. The van der Waals surface area contributed by atoms with Gasteiger partial charge < -0.3 is 9.64 Å². The van der Waals surface area contributed by atoms with Gasteiger partial charge >= 0.3 is 6.18 Å². The molecular formula is C20H30F3N3OS. The van der Waals surface area contributed by atoms with E-state index in [4.69, 9.17) is 4.74 Å². The Hall–Kier alpha value is -0.830. The van der Waals surface area contributed by atoms with Crippen LogP contribution in [0.2, 0.25) is 0 Å². The average Bonchev–Trinajstić information content (AvgIpc) is 2.65. The Balaban J connectivity index is 1.41. The molecule has 1 spiro atoms. The van der Waals surface area contributed by atoms with E-state index in [-0.39, 0.29) is 6.10 Å². The minimum Gasteiger partial charge on any atom is -0.377 e. The van der Waals surface area contributed by atoms with Crippen LogP contribution in [-0.2, 0) is 10.9 Å². The first kappa shape index (κ1) is 21.9. The van der Waals surface area contributed by atoms with E-state index in [9.17, 15) is 13.2 Å². The van der Waals surface area contributed by atoms with E-state index in [0.29, 0.717) is 5.41 Å². The lowest BCUT2D eigenvalue weighted by Gasteiger charge is -2.46. The van der Waals surface area contributed by atoms with Gasteiger partial charge in [0.1, 0.15) is 5.69 Å². The van der Waals surface area contributed by atoms with Gasteiger partial charge in [0.15, 0.2) is 0 Å². The van der Waals surface area contributed by atoms with Crippen molar-refractivity contribution < 1.29 is 17.9 Å². The molecule has 158 valence electrons. The molecule has 2 saturated heterocycles.